The number of hydrogen-bond acceptors (Lipinski definition) is 6. The van der Waals surface area contributed by atoms with Gasteiger partial charge in [0.25, 0.3) is 0 Å². The van der Waals surface area contributed by atoms with Crippen LogP contribution in [0.3, 0.4) is 0 Å². The van der Waals surface area contributed by atoms with Gasteiger partial charge in [0.1, 0.15) is 11.6 Å². The molecule has 2 rings (SSSR count). The summed E-state index contributed by atoms with van der Waals surface area (Å²) in [4.78, 5) is 10.9. The van der Waals surface area contributed by atoms with Gasteiger partial charge in [-0.15, -0.1) is 0 Å². The molecule has 94 valence electrons. The van der Waals surface area contributed by atoms with Gasteiger partial charge in [0, 0.05) is 32.2 Å². The maximum atomic E-state index is 5.78. The van der Waals surface area contributed by atoms with Crippen molar-refractivity contribution in [3.05, 3.63) is 6.07 Å². The van der Waals surface area contributed by atoms with Gasteiger partial charge in [0.05, 0.1) is 6.61 Å². The first-order chi connectivity index (χ1) is 8.22. The minimum atomic E-state index is 0.537. The Morgan fingerprint density at radius 2 is 2.41 bits per heavy atom. The van der Waals surface area contributed by atoms with E-state index in [-0.39, 0.29) is 0 Å². The van der Waals surface area contributed by atoms with Crippen molar-refractivity contribution in [2.24, 2.45) is 5.92 Å². The lowest BCUT2D eigenvalue weighted by Gasteiger charge is -2.18. The molecule has 0 spiro atoms. The summed E-state index contributed by atoms with van der Waals surface area (Å²) in [7, 11) is 1.75. The Morgan fingerprint density at radius 1 is 1.59 bits per heavy atom. The summed E-state index contributed by atoms with van der Waals surface area (Å²) in [5.41, 5.74) is 5.78. The Hall–Kier alpha value is -1.01. The average Bonchev–Trinajstić information content (AvgIpc) is 2.77. The van der Waals surface area contributed by atoms with E-state index in [4.69, 9.17) is 10.5 Å². The smallest absolute Gasteiger partial charge is 0.191 e. The summed E-state index contributed by atoms with van der Waals surface area (Å²) in [6.45, 7) is 2.81. The predicted octanol–water partition coefficient (Wildman–Crippen LogP) is 1.25. The van der Waals surface area contributed by atoms with Gasteiger partial charge >= 0.3 is 0 Å². The highest BCUT2D eigenvalue weighted by molar-refractivity contribution is 7.98. The Balaban J connectivity index is 2.10. The molecule has 2 heterocycles. The van der Waals surface area contributed by atoms with Gasteiger partial charge in [-0.2, -0.15) is 0 Å². The number of nitrogens with two attached hydrogens (primary N) is 1. The number of aromatic nitrogens is 2. The molecule has 1 aliphatic heterocycles. The minimum Gasteiger partial charge on any atom is -0.384 e. The van der Waals surface area contributed by atoms with Crippen LogP contribution in [0.1, 0.15) is 6.42 Å². The molecule has 1 aromatic rings. The van der Waals surface area contributed by atoms with Crippen molar-refractivity contribution >= 4 is 23.4 Å². The van der Waals surface area contributed by atoms with E-state index in [2.05, 4.69) is 14.9 Å². The van der Waals surface area contributed by atoms with Crippen LogP contribution < -0.4 is 10.6 Å². The molecule has 5 nitrogen and oxygen atoms in total. The van der Waals surface area contributed by atoms with Crippen LogP contribution in [0.2, 0.25) is 0 Å². The number of hydrogen-bond donors (Lipinski definition) is 1. The molecule has 0 saturated carbocycles. The number of ether oxygens (including phenoxy) is 1. The van der Waals surface area contributed by atoms with Gasteiger partial charge < -0.3 is 15.4 Å². The molecule has 0 radical (unpaired) electrons. The summed E-state index contributed by atoms with van der Waals surface area (Å²) in [6.07, 6.45) is 3.10. The highest BCUT2D eigenvalue weighted by Gasteiger charge is 2.23. The van der Waals surface area contributed by atoms with Crippen molar-refractivity contribution in [1.82, 2.24) is 9.97 Å². The van der Waals surface area contributed by atoms with Crippen molar-refractivity contribution in [3.8, 4) is 0 Å². The topological polar surface area (TPSA) is 64.3 Å². The van der Waals surface area contributed by atoms with Crippen LogP contribution in [-0.2, 0) is 4.74 Å². The van der Waals surface area contributed by atoms with Gasteiger partial charge in [-0.3, -0.25) is 0 Å². The van der Waals surface area contributed by atoms with Crippen LogP contribution in [0.4, 0.5) is 11.6 Å². The highest BCUT2D eigenvalue weighted by Crippen LogP contribution is 2.25. The average molecular weight is 254 g/mol. The zero-order chi connectivity index (χ0) is 12.3. The Labute approximate surface area is 106 Å². The van der Waals surface area contributed by atoms with Crippen LogP contribution >= 0.6 is 11.8 Å². The molecule has 1 saturated heterocycles. The fourth-order valence-corrected chi connectivity index (χ4v) is 2.48. The van der Waals surface area contributed by atoms with Gasteiger partial charge in [-0.1, -0.05) is 11.8 Å². The predicted molar refractivity (Wildman–Crippen MR) is 70.4 cm³/mol. The van der Waals surface area contributed by atoms with Gasteiger partial charge in [-0.25, -0.2) is 9.97 Å². The molecular formula is C11H18N4OS. The molecule has 1 aliphatic rings. The second-order valence-corrected chi connectivity index (χ2v) is 4.97. The van der Waals surface area contributed by atoms with E-state index in [1.54, 1.807) is 7.11 Å². The number of methoxy groups -OCH3 is 1. The highest BCUT2D eigenvalue weighted by atomic mass is 32.2. The minimum absolute atomic E-state index is 0.537. The molecule has 0 bridgehead atoms. The third-order valence-electron chi connectivity index (χ3n) is 2.91. The molecule has 1 fully saturated rings. The summed E-state index contributed by atoms with van der Waals surface area (Å²) in [5, 5.41) is 0.732. The monoisotopic (exact) mass is 254 g/mol. The van der Waals surface area contributed by atoms with Crippen molar-refractivity contribution in [1.29, 1.82) is 0 Å². The van der Waals surface area contributed by atoms with E-state index in [0.717, 1.165) is 37.1 Å². The first kappa shape index (κ1) is 12.4. The van der Waals surface area contributed by atoms with Gasteiger partial charge in [0.15, 0.2) is 5.16 Å². The second-order valence-electron chi connectivity index (χ2n) is 4.19. The standard InChI is InChI=1S/C11H18N4OS/c1-16-7-8-3-4-15(6-8)10-5-9(12)13-11(14-10)17-2/h5,8H,3-4,6-7H2,1-2H3,(H2,12,13,14). The summed E-state index contributed by atoms with van der Waals surface area (Å²) in [5.74, 6) is 2.06. The quantitative estimate of drug-likeness (QED) is 0.644. The van der Waals surface area contributed by atoms with E-state index >= 15 is 0 Å². The molecular weight excluding hydrogens is 236 g/mol. The van der Waals surface area contributed by atoms with Crippen LogP contribution in [-0.4, -0.2) is 43.0 Å². The lowest BCUT2D eigenvalue weighted by Crippen LogP contribution is -2.22. The van der Waals surface area contributed by atoms with Crippen LogP contribution in [0.25, 0.3) is 0 Å². The molecule has 1 aromatic heterocycles. The Morgan fingerprint density at radius 3 is 3.12 bits per heavy atom. The van der Waals surface area contributed by atoms with Crippen LogP contribution in [0.5, 0.6) is 0 Å². The molecule has 2 N–H and O–H groups in total. The fourth-order valence-electron chi connectivity index (χ4n) is 2.10. The summed E-state index contributed by atoms with van der Waals surface area (Å²) < 4.78 is 5.19. The molecule has 0 aromatic carbocycles. The first-order valence-corrected chi connectivity index (χ1v) is 6.88. The first-order valence-electron chi connectivity index (χ1n) is 5.65. The van der Waals surface area contributed by atoms with Crippen molar-refractivity contribution < 1.29 is 4.74 Å². The molecule has 6 heteroatoms. The van der Waals surface area contributed by atoms with Crippen molar-refractivity contribution in [3.63, 3.8) is 0 Å². The van der Waals surface area contributed by atoms with Crippen molar-refractivity contribution in [2.45, 2.75) is 11.6 Å². The van der Waals surface area contributed by atoms with Crippen LogP contribution in [0.15, 0.2) is 11.2 Å². The summed E-state index contributed by atoms with van der Waals surface area (Å²) >= 11 is 1.51. The zero-order valence-corrected chi connectivity index (χ0v) is 11.0. The van der Waals surface area contributed by atoms with Gasteiger partial charge in [0.2, 0.25) is 0 Å². The molecule has 0 amide bonds. The molecule has 1 unspecified atom stereocenters. The summed E-state index contributed by atoms with van der Waals surface area (Å²) in [6, 6.07) is 1.84. The van der Waals surface area contributed by atoms with E-state index < -0.39 is 0 Å². The number of rotatable bonds is 4. The largest absolute Gasteiger partial charge is 0.384 e. The van der Waals surface area contributed by atoms with Crippen LogP contribution in [0, 0.1) is 5.92 Å². The Kier molecular flexibility index (Phi) is 4.06. The number of thioether (sulfide) groups is 1. The SMILES string of the molecule is COCC1CCN(c2cc(N)nc(SC)n2)C1. The lowest BCUT2D eigenvalue weighted by molar-refractivity contribution is 0.161. The van der Waals surface area contributed by atoms with Gasteiger partial charge in [-0.05, 0) is 12.7 Å². The fraction of sp³-hybridized carbons (Fsp3) is 0.636. The molecule has 1 atom stereocenters. The van der Waals surface area contributed by atoms with E-state index in [1.165, 1.54) is 11.8 Å². The second kappa shape index (κ2) is 5.55. The van der Waals surface area contributed by atoms with E-state index in [9.17, 15) is 0 Å². The lowest BCUT2D eigenvalue weighted by atomic mass is 10.1. The number of anilines is 2. The maximum absolute atomic E-state index is 5.78. The normalized spacial score (nSPS) is 19.9. The zero-order valence-electron chi connectivity index (χ0n) is 10.2. The number of nitrogens with zero attached hydrogens (tertiary/aromatic N) is 3. The van der Waals surface area contributed by atoms with E-state index in [1.807, 2.05) is 12.3 Å². The maximum Gasteiger partial charge on any atom is 0.191 e. The van der Waals surface area contributed by atoms with Crippen molar-refractivity contribution in [2.75, 3.05) is 43.7 Å². The third-order valence-corrected chi connectivity index (χ3v) is 3.45. The Bertz CT molecular complexity index is 388. The number of nitrogen functional groups attached to an aromatic ring is 1. The molecule has 17 heavy (non-hydrogen) atoms. The third kappa shape index (κ3) is 3.01. The van der Waals surface area contributed by atoms with E-state index in [0.29, 0.717) is 11.7 Å². The molecule has 0 aliphatic carbocycles.